The van der Waals surface area contributed by atoms with Crippen LogP contribution in [-0.4, -0.2) is 72.8 Å². The van der Waals surface area contributed by atoms with Crippen molar-refractivity contribution in [3.05, 3.63) is 30.1 Å². The minimum Gasteiger partial charge on any atom is -0.493 e. The number of anilines is 2. The summed E-state index contributed by atoms with van der Waals surface area (Å²) < 4.78 is 11.3. The van der Waals surface area contributed by atoms with Gasteiger partial charge in [0, 0.05) is 44.9 Å². The first-order chi connectivity index (χ1) is 16.4. The fourth-order valence-corrected chi connectivity index (χ4v) is 4.15. The SMILES string of the molecule is COc1ccc2cc1OCCCC(=O)N(C(C)C)CCN(C)c1ncnc3c1C(C=N2)C(=O)N3. The highest BCUT2D eigenvalue weighted by molar-refractivity contribution is 6.13. The molecule has 34 heavy (non-hydrogen) atoms. The molecule has 3 heterocycles. The van der Waals surface area contributed by atoms with Crippen LogP contribution in [0.25, 0.3) is 0 Å². The largest absolute Gasteiger partial charge is 0.493 e. The Bertz CT molecular complexity index is 1100. The molecule has 0 radical (unpaired) electrons. The molecule has 2 amide bonds. The second-order valence-electron chi connectivity index (χ2n) is 8.59. The number of amides is 2. The highest BCUT2D eigenvalue weighted by Crippen LogP contribution is 2.37. The standard InChI is InChI=1S/C24H30N6O4/c1-15(2)30-10-9-29(3)23-21-17(24(32)28-22(21)26-14-27-23)13-25-16-7-8-18(33-4)19(12-16)34-11-5-6-20(30)31/h7-8,12-15,17H,5-6,9-11H2,1-4H3,(H,26,27,28,32). The minimum absolute atomic E-state index is 0.0555. The van der Waals surface area contributed by atoms with Gasteiger partial charge in [-0.3, -0.25) is 14.6 Å². The maximum absolute atomic E-state index is 12.9. The van der Waals surface area contributed by atoms with E-state index in [-0.39, 0.29) is 17.9 Å². The Morgan fingerprint density at radius 3 is 2.79 bits per heavy atom. The Hall–Kier alpha value is -3.69. The van der Waals surface area contributed by atoms with Gasteiger partial charge in [-0.2, -0.15) is 0 Å². The molecule has 0 saturated heterocycles. The first-order valence-corrected chi connectivity index (χ1v) is 11.4. The van der Waals surface area contributed by atoms with E-state index in [1.807, 2.05) is 30.7 Å². The van der Waals surface area contributed by atoms with Crippen LogP contribution in [0, 0.1) is 0 Å². The third-order valence-corrected chi connectivity index (χ3v) is 5.99. The maximum Gasteiger partial charge on any atom is 0.238 e. The zero-order valence-electron chi connectivity index (χ0n) is 19.9. The van der Waals surface area contributed by atoms with Gasteiger partial charge in [0.1, 0.15) is 23.9 Å². The summed E-state index contributed by atoms with van der Waals surface area (Å²) in [7, 11) is 3.48. The molecule has 2 bridgehead atoms. The van der Waals surface area contributed by atoms with Gasteiger partial charge in [-0.05, 0) is 32.4 Å². The van der Waals surface area contributed by atoms with E-state index >= 15 is 0 Å². The topological polar surface area (TPSA) is 109 Å². The van der Waals surface area contributed by atoms with Crippen LogP contribution in [0.2, 0.25) is 0 Å². The van der Waals surface area contributed by atoms with E-state index in [2.05, 4.69) is 20.3 Å². The van der Waals surface area contributed by atoms with Gasteiger partial charge >= 0.3 is 0 Å². The number of benzene rings is 1. The van der Waals surface area contributed by atoms with E-state index < -0.39 is 5.92 Å². The summed E-state index contributed by atoms with van der Waals surface area (Å²) in [4.78, 5) is 42.8. The van der Waals surface area contributed by atoms with Crippen molar-refractivity contribution in [1.29, 1.82) is 0 Å². The number of carbonyl (C=O) groups excluding carboxylic acids is 2. The first-order valence-electron chi connectivity index (χ1n) is 11.4. The number of hydrogen-bond donors (Lipinski definition) is 1. The number of carbonyl (C=O) groups is 2. The molecule has 10 nitrogen and oxygen atoms in total. The highest BCUT2D eigenvalue weighted by Gasteiger charge is 2.35. The lowest BCUT2D eigenvalue weighted by atomic mass is 10.0. The molecule has 2 aliphatic heterocycles. The van der Waals surface area contributed by atoms with Crippen LogP contribution in [-0.2, 0) is 9.59 Å². The number of nitrogens with one attached hydrogen (secondary N) is 1. The quantitative estimate of drug-likeness (QED) is 0.725. The second kappa shape index (κ2) is 10.1. The lowest BCUT2D eigenvalue weighted by Crippen LogP contribution is -2.42. The van der Waals surface area contributed by atoms with E-state index in [0.29, 0.717) is 66.9 Å². The van der Waals surface area contributed by atoms with Crippen molar-refractivity contribution in [3.8, 4) is 11.5 Å². The van der Waals surface area contributed by atoms with Crippen molar-refractivity contribution in [2.75, 3.05) is 44.1 Å². The van der Waals surface area contributed by atoms with E-state index in [9.17, 15) is 9.59 Å². The smallest absolute Gasteiger partial charge is 0.238 e. The fourth-order valence-electron chi connectivity index (χ4n) is 4.15. The van der Waals surface area contributed by atoms with Gasteiger partial charge in [0.2, 0.25) is 11.8 Å². The number of likely N-dealkylation sites (N-methyl/N-ethyl adjacent to an activating group) is 1. The molecule has 0 spiro atoms. The predicted octanol–water partition coefficient (Wildman–Crippen LogP) is 2.77. The van der Waals surface area contributed by atoms with Crippen LogP contribution < -0.4 is 19.7 Å². The zero-order chi connectivity index (χ0) is 24.2. The monoisotopic (exact) mass is 466 g/mol. The fraction of sp³-hybridized carbons (Fsp3) is 0.458. The van der Waals surface area contributed by atoms with Crippen LogP contribution in [0.5, 0.6) is 11.5 Å². The van der Waals surface area contributed by atoms with Gasteiger partial charge in [0.05, 0.1) is 25.0 Å². The van der Waals surface area contributed by atoms with Crippen molar-refractivity contribution in [3.63, 3.8) is 0 Å². The Balaban J connectivity index is 1.74. The van der Waals surface area contributed by atoms with Crippen molar-refractivity contribution >= 4 is 35.4 Å². The number of hydrogen-bond acceptors (Lipinski definition) is 8. The molecule has 1 atom stereocenters. The summed E-state index contributed by atoms with van der Waals surface area (Å²) in [5.74, 6) is 1.45. The third kappa shape index (κ3) is 4.80. The molecule has 10 heteroatoms. The number of rotatable bonds is 2. The Kier molecular flexibility index (Phi) is 6.95. The molecule has 1 aromatic carbocycles. The molecular weight excluding hydrogens is 436 g/mol. The lowest BCUT2D eigenvalue weighted by molar-refractivity contribution is -0.133. The van der Waals surface area contributed by atoms with Crippen LogP contribution in [0.3, 0.4) is 0 Å². The van der Waals surface area contributed by atoms with Crippen molar-refractivity contribution in [2.45, 2.75) is 38.6 Å². The number of aromatic nitrogens is 2. The molecule has 4 rings (SSSR count). The van der Waals surface area contributed by atoms with E-state index in [1.54, 1.807) is 31.5 Å². The van der Waals surface area contributed by atoms with Crippen LogP contribution in [0.1, 0.15) is 38.2 Å². The molecule has 1 N–H and O–H groups in total. The number of ether oxygens (including phenoxy) is 2. The molecule has 1 aromatic heterocycles. The predicted molar refractivity (Wildman–Crippen MR) is 129 cm³/mol. The van der Waals surface area contributed by atoms with E-state index in [1.165, 1.54) is 6.33 Å². The lowest BCUT2D eigenvalue weighted by Gasteiger charge is -2.30. The van der Waals surface area contributed by atoms with Gasteiger partial charge in [-0.1, -0.05) is 0 Å². The molecule has 0 fully saturated rings. The van der Waals surface area contributed by atoms with Gasteiger partial charge in [0.25, 0.3) is 0 Å². The number of methoxy groups -OCH3 is 1. The summed E-state index contributed by atoms with van der Waals surface area (Å²) in [6, 6.07) is 5.38. The van der Waals surface area contributed by atoms with E-state index in [0.717, 1.165) is 0 Å². The second-order valence-corrected chi connectivity index (χ2v) is 8.59. The minimum atomic E-state index is -0.640. The molecule has 2 aliphatic rings. The Morgan fingerprint density at radius 2 is 2.03 bits per heavy atom. The van der Waals surface area contributed by atoms with Gasteiger partial charge in [-0.25, -0.2) is 9.97 Å². The molecule has 180 valence electrons. The van der Waals surface area contributed by atoms with Crippen molar-refractivity contribution < 1.29 is 19.1 Å². The Morgan fingerprint density at radius 1 is 1.21 bits per heavy atom. The van der Waals surface area contributed by atoms with Gasteiger partial charge < -0.3 is 24.6 Å². The van der Waals surface area contributed by atoms with Crippen LogP contribution in [0.15, 0.2) is 29.5 Å². The molecule has 0 saturated carbocycles. The number of nitrogens with zero attached hydrogens (tertiary/aromatic N) is 5. The van der Waals surface area contributed by atoms with E-state index in [4.69, 9.17) is 9.47 Å². The van der Waals surface area contributed by atoms with Gasteiger partial charge in [-0.15, -0.1) is 0 Å². The highest BCUT2D eigenvalue weighted by atomic mass is 16.5. The molecule has 1 unspecified atom stereocenters. The maximum atomic E-state index is 12.9. The third-order valence-electron chi connectivity index (χ3n) is 5.99. The summed E-state index contributed by atoms with van der Waals surface area (Å²) in [6.07, 6.45) is 4.00. The summed E-state index contributed by atoms with van der Waals surface area (Å²) in [5, 5.41) is 2.82. The van der Waals surface area contributed by atoms with Gasteiger partial charge in [0.15, 0.2) is 11.5 Å². The summed E-state index contributed by atoms with van der Waals surface area (Å²) in [6.45, 7) is 5.47. The average molecular weight is 467 g/mol. The van der Waals surface area contributed by atoms with Crippen LogP contribution in [0.4, 0.5) is 17.3 Å². The zero-order valence-corrected chi connectivity index (χ0v) is 19.9. The Labute approximate surface area is 199 Å². The average Bonchev–Trinajstić information content (AvgIpc) is 3.14. The van der Waals surface area contributed by atoms with Crippen molar-refractivity contribution in [1.82, 2.24) is 14.9 Å². The molecule has 2 aromatic rings. The molecular formula is C24H30N6O4. The van der Waals surface area contributed by atoms with Crippen molar-refractivity contribution in [2.24, 2.45) is 4.99 Å². The summed E-state index contributed by atoms with van der Waals surface area (Å²) in [5.41, 5.74) is 1.30. The summed E-state index contributed by atoms with van der Waals surface area (Å²) >= 11 is 0. The molecule has 0 aliphatic carbocycles. The normalized spacial score (nSPS) is 18.9. The first kappa shape index (κ1) is 23.5. The number of fused-ring (bicyclic) bond motifs is 2. The van der Waals surface area contributed by atoms with Crippen LogP contribution >= 0.6 is 0 Å². The number of aliphatic imine (C=N–C) groups is 1.